The van der Waals surface area contributed by atoms with Crippen LogP contribution < -0.4 is 11.0 Å². The van der Waals surface area contributed by atoms with Crippen LogP contribution in [0.4, 0.5) is 0 Å². The smallest absolute Gasteiger partial charge is 0.308 e. The van der Waals surface area contributed by atoms with Crippen LogP contribution in [0.25, 0.3) is 0 Å². The first kappa shape index (κ1) is 13.0. The molecule has 0 aliphatic carbocycles. The quantitative estimate of drug-likeness (QED) is 0.897. The van der Waals surface area contributed by atoms with Gasteiger partial charge in [0.05, 0.1) is 0 Å². The van der Waals surface area contributed by atoms with Crippen LogP contribution in [0, 0.1) is 6.92 Å². The summed E-state index contributed by atoms with van der Waals surface area (Å²) >= 11 is 1.74. The van der Waals surface area contributed by atoms with Gasteiger partial charge in [0.2, 0.25) is 0 Å². The van der Waals surface area contributed by atoms with Gasteiger partial charge in [0.1, 0.15) is 0 Å². The Bertz CT molecular complexity index is 548. The van der Waals surface area contributed by atoms with E-state index in [-0.39, 0.29) is 5.69 Å². The fourth-order valence-electron chi connectivity index (χ4n) is 1.77. The molecule has 0 aliphatic rings. The largest absolute Gasteiger partial charge is 0.347 e. The molecule has 0 amide bonds. The highest BCUT2D eigenvalue weighted by Crippen LogP contribution is 2.17. The maximum atomic E-state index is 11.5. The molecule has 4 nitrogen and oxygen atoms in total. The summed E-state index contributed by atoms with van der Waals surface area (Å²) in [6.45, 7) is 5.46. The zero-order chi connectivity index (χ0) is 13.0. The average Bonchev–Trinajstić information content (AvgIpc) is 2.87. The summed E-state index contributed by atoms with van der Waals surface area (Å²) in [6.07, 6.45) is 3.44. The van der Waals surface area contributed by atoms with Crippen LogP contribution in [0.3, 0.4) is 0 Å². The molecule has 96 valence electrons. The van der Waals surface area contributed by atoms with Crippen molar-refractivity contribution in [2.75, 3.05) is 6.54 Å². The maximum Gasteiger partial charge on any atom is 0.347 e. The molecular weight excluding hydrogens is 246 g/mol. The lowest BCUT2D eigenvalue weighted by Crippen LogP contribution is -2.29. The first-order valence-corrected chi connectivity index (χ1v) is 6.84. The molecule has 2 heterocycles. The normalized spacial score (nSPS) is 12.6. The van der Waals surface area contributed by atoms with E-state index in [4.69, 9.17) is 0 Å². The van der Waals surface area contributed by atoms with Crippen molar-refractivity contribution in [3.05, 3.63) is 50.8 Å². The van der Waals surface area contributed by atoms with Crippen molar-refractivity contribution in [2.24, 2.45) is 0 Å². The van der Waals surface area contributed by atoms with Crippen molar-refractivity contribution >= 4 is 11.3 Å². The van der Waals surface area contributed by atoms with Crippen molar-refractivity contribution in [3.63, 3.8) is 0 Å². The summed E-state index contributed by atoms with van der Waals surface area (Å²) < 4.78 is 1.64. The van der Waals surface area contributed by atoms with Gasteiger partial charge in [0, 0.05) is 36.4 Å². The van der Waals surface area contributed by atoms with E-state index in [1.54, 1.807) is 22.1 Å². The standard InChI is InChI=1S/C13H17N3OS/c1-10-8-15-13(17)16(9-10)6-5-14-11(2)12-4-3-7-18-12/h3-4,7-9,11,14H,5-6H2,1-2H3. The minimum atomic E-state index is -0.189. The van der Waals surface area contributed by atoms with Crippen LogP contribution >= 0.6 is 11.3 Å². The lowest BCUT2D eigenvalue weighted by Gasteiger charge is -2.12. The number of aryl methyl sites for hydroxylation is 1. The fraction of sp³-hybridized carbons (Fsp3) is 0.385. The average molecular weight is 263 g/mol. The van der Waals surface area contributed by atoms with E-state index in [0.717, 1.165) is 12.1 Å². The molecule has 2 aromatic rings. The number of nitrogens with one attached hydrogen (secondary N) is 1. The molecule has 1 unspecified atom stereocenters. The Hall–Kier alpha value is -1.46. The molecular formula is C13H17N3OS. The number of thiophene rings is 1. The highest BCUT2D eigenvalue weighted by atomic mass is 32.1. The lowest BCUT2D eigenvalue weighted by atomic mass is 10.3. The van der Waals surface area contributed by atoms with E-state index in [9.17, 15) is 4.79 Å². The Morgan fingerprint density at radius 2 is 2.39 bits per heavy atom. The third kappa shape index (κ3) is 3.27. The van der Waals surface area contributed by atoms with E-state index >= 15 is 0 Å². The van der Waals surface area contributed by atoms with Crippen molar-refractivity contribution < 1.29 is 0 Å². The maximum absolute atomic E-state index is 11.5. The van der Waals surface area contributed by atoms with Gasteiger partial charge in [-0.3, -0.25) is 4.57 Å². The van der Waals surface area contributed by atoms with E-state index in [1.807, 2.05) is 19.2 Å². The lowest BCUT2D eigenvalue weighted by molar-refractivity contribution is 0.523. The number of aromatic nitrogens is 2. The summed E-state index contributed by atoms with van der Waals surface area (Å²) in [6, 6.07) is 4.48. The molecule has 0 radical (unpaired) electrons. The van der Waals surface area contributed by atoms with Gasteiger partial charge in [0.15, 0.2) is 0 Å². The summed E-state index contributed by atoms with van der Waals surface area (Å²) in [5.41, 5.74) is 0.812. The van der Waals surface area contributed by atoms with Gasteiger partial charge in [0.25, 0.3) is 0 Å². The van der Waals surface area contributed by atoms with Gasteiger partial charge in [-0.2, -0.15) is 0 Å². The highest BCUT2D eigenvalue weighted by Gasteiger charge is 2.05. The van der Waals surface area contributed by atoms with Crippen LogP contribution in [0.15, 0.2) is 34.7 Å². The Morgan fingerprint density at radius 1 is 1.56 bits per heavy atom. The van der Waals surface area contributed by atoms with E-state index in [1.165, 1.54) is 4.88 Å². The van der Waals surface area contributed by atoms with Crippen LogP contribution in [-0.2, 0) is 6.54 Å². The molecule has 1 N–H and O–H groups in total. The predicted molar refractivity (Wildman–Crippen MR) is 74.0 cm³/mol. The minimum Gasteiger partial charge on any atom is -0.308 e. The third-order valence-corrected chi connectivity index (χ3v) is 3.81. The fourth-order valence-corrected chi connectivity index (χ4v) is 2.52. The summed E-state index contributed by atoms with van der Waals surface area (Å²) in [7, 11) is 0. The Labute approximate surface area is 110 Å². The zero-order valence-corrected chi connectivity index (χ0v) is 11.4. The molecule has 0 spiro atoms. The topological polar surface area (TPSA) is 46.9 Å². The summed E-state index contributed by atoms with van der Waals surface area (Å²) in [5.74, 6) is 0. The van der Waals surface area contributed by atoms with Crippen LogP contribution in [0.1, 0.15) is 23.4 Å². The monoisotopic (exact) mass is 263 g/mol. The molecule has 0 saturated heterocycles. The molecule has 0 saturated carbocycles. The van der Waals surface area contributed by atoms with Crippen molar-refractivity contribution in [2.45, 2.75) is 26.4 Å². The molecule has 0 fully saturated rings. The second-order valence-corrected chi connectivity index (χ2v) is 5.28. The number of hydrogen-bond donors (Lipinski definition) is 1. The minimum absolute atomic E-state index is 0.189. The Balaban J connectivity index is 1.89. The molecule has 0 aliphatic heterocycles. The van der Waals surface area contributed by atoms with E-state index in [0.29, 0.717) is 12.6 Å². The molecule has 18 heavy (non-hydrogen) atoms. The van der Waals surface area contributed by atoms with Gasteiger partial charge in [-0.15, -0.1) is 11.3 Å². The molecule has 1 atom stereocenters. The summed E-state index contributed by atoms with van der Waals surface area (Å²) in [4.78, 5) is 16.6. The second kappa shape index (κ2) is 5.93. The number of nitrogens with zero attached hydrogens (tertiary/aromatic N) is 2. The van der Waals surface area contributed by atoms with E-state index in [2.05, 4.69) is 28.7 Å². The first-order chi connectivity index (χ1) is 8.66. The van der Waals surface area contributed by atoms with Gasteiger partial charge >= 0.3 is 5.69 Å². The molecule has 5 heteroatoms. The first-order valence-electron chi connectivity index (χ1n) is 5.96. The molecule has 0 bridgehead atoms. The number of hydrogen-bond acceptors (Lipinski definition) is 4. The Morgan fingerprint density at radius 3 is 3.11 bits per heavy atom. The van der Waals surface area contributed by atoms with Gasteiger partial charge < -0.3 is 5.32 Å². The van der Waals surface area contributed by atoms with Gasteiger partial charge in [-0.1, -0.05) is 6.07 Å². The van der Waals surface area contributed by atoms with Crippen molar-refractivity contribution in [1.29, 1.82) is 0 Å². The second-order valence-electron chi connectivity index (χ2n) is 4.30. The van der Waals surface area contributed by atoms with Gasteiger partial charge in [-0.25, -0.2) is 9.78 Å². The SMILES string of the molecule is Cc1cnc(=O)n(CCNC(C)c2cccs2)c1. The van der Waals surface area contributed by atoms with Crippen LogP contribution in [-0.4, -0.2) is 16.1 Å². The van der Waals surface area contributed by atoms with Gasteiger partial charge in [-0.05, 0) is 30.9 Å². The van der Waals surface area contributed by atoms with Crippen LogP contribution in [0.5, 0.6) is 0 Å². The third-order valence-electron chi connectivity index (χ3n) is 2.76. The number of rotatable bonds is 5. The van der Waals surface area contributed by atoms with Crippen molar-refractivity contribution in [1.82, 2.24) is 14.9 Å². The molecule has 2 rings (SSSR count). The van der Waals surface area contributed by atoms with Crippen LogP contribution in [0.2, 0.25) is 0 Å². The Kier molecular flexibility index (Phi) is 4.28. The predicted octanol–water partition coefficient (Wildman–Crippen LogP) is 1.96. The highest BCUT2D eigenvalue weighted by molar-refractivity contribution is 7.10. The van der Waals surface area contributed by atoms with E-state index < -0.39 is 0 Å². The van der Waals surface area contributed by atoms with Crippen molar-refractivity contribution in [3.8, 4) is 0 Å². The summed E-state index contributed by atoms with van der Waals surface area (Å²) in [5, 5.41) is 5.48. The zero-order valence-electron chi connectivity index (χ0n) is 10.6. The molecule has 2 aromatic heterocycles. The molecule has 0 aromatic carbocycles.